The highest BCUT2D eigenvalue weighted by molar-refractivity contribution is 6.07. The predicted octanol–water partition coefficient (Wildman–Crippen LogP) is 8.04. The number of fused-ring (bicyclic) bond motifs is 1. The number of hydrogen-bond donors (Lipinski definition) is 1. The molecule has 0 spiro atoms. The lowest BCUT2D eigenvalue weighted by Gasteiger charge is -2.22. The number of ether oxygens (including phenoxy) is 2. The minimum Gasteiger partial charge on any atom is -0.493 e. The van der Waals surface area contributed by atoms with E-state index in [0.717, 1.165) is 24.5 Å². The number of para-hydroxylation sites is 1. The molecule has 1 aromatic heterocycles. The van der Waals surface area contributed by atoms with Crippen LogP contribution in [-0.2, 0) is 22.9 Å². The summed E-state index contributed by atoms with van der Waals surface area (Å²) < 4.78 is 53.0. The van der Waals surface area contributed by atoms with Crippen molar-refractivity contribution in [1.82, 2.24) is 15.2 Å². The van der Waals surface area contributed by atoms with Crippen molar-refractivity contribution in [3.63, 3.8) is 0 Å². The van der Waals surface area contributed by atoms with E-state index in [4.69, 9.17) is 9.47 Å². The number of nitrogens with one attached hydrogen (secondary N) is 1. The summed E-state index contributed by atoms with van der Waals surface area (Å²) in [5.74, 6) is 0.796. The average molecular weight is 634 g/mol. The lowest BCUT2D eigenvalue weighted by atomic mass is 9.92. The first-order valence-electron chi connectivity index (χ1n) is 15.5. The van der Waals surface area contributed by atoms with E-state index >= 15 is 0 Å². The van der Waals surface area contributed by atoms with Crippen LogP contribution in [0.1, 0.15) is 68.7 Å². The Morgan fingerprint density at radius 1 is 0.913 bits per heavy atom. The number of rotatable bonds is 13. The van der Waals surface area contributed by atoms with E-state index in [2.05, 4.69) is 10.3 Å². The largest absolute Gasteiger partial charge is 0.493 e. The van der Waals surface area contributed by atoms with Gasteiger partial charge in [0.05, 0.1) is 23.8 Å². The summed E-state index contributed by atoms with van der Waals surface area (Å²) >= 11 is 0. The molecule has 7 nitrogen and oxygen atoms in total. The fourth-order valence-corrected chi connectivity index (χ4v) is 5.72. The van der Waals surface area contributed by atoms with Gasteiger partial charge in [0.15, 0.2) is 0 Å². The molecule has 46 heavy (non-hydrogen) atoms. The van der Waals surface area contributed by atoms with Crippen LogP contribution in [0.5, 0.6) is 11.5 Å². The van der Waals surface area contributed by atoms with Crippen LogP contribution in [0.4, 0.5) is 18.0 Å². The SMILES string of the molecule is CC(C)Oc1ccc(C2(C)NC(=O)N(CCCCCCOc3c(Cc4ccccc4)cnc4c(C(F)(F)F)cccc34)C2=O)cc1. The first kappa shape index (κ1) is 32.8. The summed E-state index contributed by atoms with van der Waals surface area (Å²) in [6.45, 7) is 6.15. The smallest absolute Gasteiger partial charge is 0.418 e. The number of aromatic nitrogens is 1. The number of carbonyl (C=O) groups excluding carboxylic acids is 2. The summed E-state index contributed by atoms with van der Waals surface area (Å²) in [7, 11) is 0. The molecule has 10 heteroatoms. The first-order chi connectivity index (χ1) is 22.0. The second-order valence-corrected chi connectivity index (χ2v) is 11.9. The van der Waals surface area contributed by atoms with Crippen LogP contribution < -0.4 is 14.8 Å². The number of benzene rings is 3. The molecule has 0 radical (unpaired) electrons. The number of urea groups is 1. The van der Waals surface area contributed by atoms with E-state index in [1.807, 2.05) is 44.2 Å². The molecule has 2 heterocycles. The second kappa shape index (κ2) is 13.8. The van der Waals surface area contributed by atoms with E-state index in [9.17, 15) is 22.8 Å². The Bertz CT molecular complexity index is 1680. The van der Waals surface area contributed by atoms with Gasteiger partial charge in [-0.3, -0.25) is 14.7 Å². The highest BCUT2D eigenvalue weighted by atomic mass is 19.4. The van der Waals surface area contributed by atoms with Crippen molar-refractivity contribution in [3.05, 3.63) is 101 Å². The maximum absolute atomic E-state index is 13.7. The van der Waals surface area contributed by atoms with Crippen molar-refractivity contribution in [3.8, 4) is 11.5 Å². The van der Waals surface area contributed by atoms with Gasteiger partial charge in [0, 0.05) is 30.1 Å². The molecule has 4 aromatic rings. The Morgan fingerprint density at radius 2 is 1.63 bits per heavy atom. The molecule has 1 N–H and O–H groups in total. The van der Waals surface area contributed by atoms with Gasteiger partial charge in [-0.2, -0.15) is 13.2 Å². The van der Waals surface area contributed by atoms with Gasteiger partial charge in [0.2, 0.25) is 0 Å². The molecular formula is C36H38F3N3O4. The molecule has 3 aromatic carbocycles. The van der Waals surface area contributed by atoms with Crippen LogP contribution in [0.2, 0.25) is 0 Å². The van der Waals surface area contributed by atoms with E-state index in [-0.39, 0.29) is 24.1 Å². The number of carbonyl (C=O) groups is 2. The third kappa shape index (κ3) is 7.27. The Balaban J connectivity index is 1.17. The number of alkyl halides is 3. The van der Waals surface area contributed by atoms with Gasteiger partial charge in [-0.1, -0.05) is 61.4 Å². The van der Waals surface area contributed by atoms with E-state index in [1.165, 1.54) is 17.2 Å². The highest BCUT2D eigenvalue weighted by Crippen LogP contribution is 2.38. The van der Waals surface area contributed by atoms with Gasteiger partial charge in [0.25, 0.3) is 5.91 Å². The van der Waals surface area contributed by atoms with E-state index in [1.54, 1.807) is 37.3 Å². The molecule has 0 aliphatic carbocycles. The lowest BCUT2D eigenvalue weighted by molar-refractivity contribution is -0.136. The summed E-state index contributed by atoms with van der Waals surface area (Å²) in [4.78, 5) is 31.5. The van der Waals surface area contributed by atoms with Crippen LogP contribution in [0, 0.1) is 0 Å². The molecule has 5 rings (SSSR count). The molecule has 1 atom stereocenters. The van der Waals surface area contributed by atoms with E-state index in [0.29, 0.717) is 53.9 Å². The number of amides is 3. The van der Waals surface area contributed by atoms with Gasteiger partial charge in [-0.25, -0.2) is 4.79 Å². The number of pyridine rings is 1. The number of hydrogen-bond acceptors (Lipinski definition) is 5. The number of nitrogens with zero attached hydrogens (tertiary/aromatic N) is 2. The van der Waals surface area contributed by atoms with Crippen LogP contribution >= 0.6 is 0 Å². The van der Waals surface area contributed by atoms with Gasteiger partial charge in [-0.05, 0) is 69.0 Å². The number of imide groups is 1. The van der Waals surface area contributed by atoms with Gasteiger partial charge < -0.3 is 14.8 Å². The number of halogens is 3. The molecule has 0 saturated carbocycles. The van der Waals surface area contributed by atoms with Crippen LogP contribution in [-0.4, -0.2) is 41.1 Å². The van der Waals surface area contributed by atoms with Gasteiger partial charge in [-0.15, -0.1) is 0 Å². The minimum atomic E-state index is -4.54. The Labute approximate surface area is 266 Å². The molecule has 1 unspecified atom stereocenters. The minimum absolute atomic E-state index is 0.0235. The molecule has 3 amide bonds. The summed E-state index contributed by atoms with van der Waals surface area (Å²) in [5.41, 5.74) is 0.296. The number of unbranched alkanes of at least 4 members (excludes halogenated alkanes) is 3. The molecule has 1 aliphatic rings. The van der Waals surface area contributed by atoms with Crippen LogP contribution in [0.3, 0.4) is 0 Å². The van der Waals surface area contributed by atoms with Gasteiger partial charge >= 0.3 is 12.2 Å². The molecule has 1 saturated heterocycles. The predicted molar refractivity (Wildman–Crippen MR) is 170 cm³/mol. The highest BCUT2D eigenvalue weighted by Gasteiger charge is 2.48. The van der Waals surface area contributed by atoms with Gasteiger partial charge in [0.1, 0.15) is 17.0 Å². The molecular weight excluding hydrogens is 595 g/mol. The van der Waals surface area contributed by atoms with Crippen molar-refractivity contribution in [2.24, 2.45) is 0 Å². The van der Waals surface area contributed by atoms with Crippen molar-refractivity contribution in [1.29, 1.82) is 0 Å². The molecule has 242 valence electrons. The Morgan fingerprint density at radius 3 is 2.33 bits per heavy atom. The third-order valence-corrected chi connectivity index (χ3v) is 8.07. The summed E-state index contributed by atoms with van der Waals surface area (Å²) in [6, 6.07) is 20.4. The fraction of sp³-hybridized carbons (Fsp3) is 0.361. The Hall–Kier alpha value is -4.60. The molecule has 0 bridgehead atoms. The maximum atomic E-state index is 13.7. The Kier molecular flexibility index (Phi) is 9.84. The zero-order valence-corrected chi connectivity index (χ0v) is 26.2. The average Bonchev–Trinajstić information content (AvgIpc) is 3.24. The lowest BCUT2D eigenvalue weighted by Crippen LogP contribution is -2.41. The van der Waals surface area contributed by atoms with Crippen molar-refractivity contribution < 1.29 is 32.2 Å². The summed E-state index contributed by atoms with van der Waals surface area (Å²) in [5, 5.41) is 3.16. The maximum Gasteiger partial charge on any atom is 0.418 e. The zero-order chi connectivity index (χ0) is 32.9. The molecule has 1 aliphatic heterocycles. The second-order valence-electron chi connectivity index (χ2n) is 11.9. The van der Waals surface area contributed by atoms with Crippen LogP contribution in [0.25, 0.3) is 10.9 Å². The first-order valence-corrected chi connectivity index (χ1v) is 15.5. The third-order valence-electron chi connectivity index (χ3n) is 8.07. The van der Waals surface area contributed by atoms with E-state index < -0.39 is 23.3 Å². The normalized spacial score (nSPS) is 16.7. The monoisotopic (exact) mass is 633 g/mol. The van der Waals surface area contributed by atoms with Crippen molar-refractivity contribution in [2.75, 3.05) is 13.2 Å². The topological polar surface area (TPSA) is 80.8 Å². The van der Waals surface area contributed by atoms with Crippen molar-refractivity contribution >= 4 is 22.8 Å². The van der Waals surface area contributed by atoms with Crippen molar-refractivity contribution in [2.45, 2.75) is 70.7 Å². The standard InChI is InChI=1S/C36H38F3N3O4/c1-24(2)46-28-18-16-27(17-19-28)35(3)33(43)42(34(44)41-35)20-9-4-5-10-21-45-32-26(22-25-12-7-6-8-13-25)23-40-31-29(32)14-11-15-30(31)36(37,38)39/h6-8,11-19,23-24H,4-5,9-10,20-22H2,1-3H3,(H,41,44). The zero-order valence-electron chi connectivity index (χ0n) is 26.2. The fourth-order valence-electron chi connectivity index (χ4n) is 5.72. The summed E-state index contributed by atoms with van der Waals surface area (Å²) in [6.07, 6.45) is 0.181. The van der Waals surface area contributed by atoms with Crippen LogP contribution in [0.15, 0.2) is 79.0 Å². The molecule has 1 fully saturated rings. The quantitative estimate of drug-likeness (QED) is 0.119.